The molecule has 2 nitrogen and oxygen atoms in total. The van der Waals surface area contributed by atoms with Crippen molar-refractivity contribution in [3.63, 3.8) is 0 Å². The highest BCUT2D eigenvalue weighted by Crippen LogP contribution is 2.21. The van der Waals surface area contributed by atoms with Crippen LogP contribution in [0, 0.1) is 0 Å². The van der Waals surface area contributed by atoms with Gasteiger partial charge in [0.15, 0.2) is 0 Å². The Balaban J connectivity index is 2.20. The highest BCUT2D eigenvalue weighted by Gasteiger charge is 2.10. The lowest BCUT2D eigenvalue weighted by Gasteiger charge is -2.20. The van der Waals surface area contributed by atoms with Crippen LogP contribution in [0.2, 0.25) is 0 Å². The van der Waals surface area contributed by atoms with Crippen molar-refractivity contribution in [3.05, 3.63) is 23.5 Å². The maximum Gasteiger partial charge on any atom is 0.111 e. The third kappa shape index (κ3) is 5.36. The molecular weight excluding hydrogens is 200 g/mol. The fraction of sp³-hybridized carbons (Fsp3) is 0.714. The first-order chi connectivity index (χ1) is 7.51. The Kier molecular flexibility index (Phi) is 5.07. The van der Waals surface area contributed by atoms with E-state index >= 15 is 0 Å². The molecule has 0 saturated carbocycles. The normalized spacial score (nSPS) is 16.8. The van der Waals surface area contributed by atoms with Crippen LogP contribution in [0.1, 0.15) is 47.0 Å². The van der Waals surface area contributed by atoms with Crippen LogP contribution >= 0.6 is 0 Å². The van der Waals surface area contributed by atoms with E-state index in [9.17, 15) is 0 Å². The Morgan fingerprint density at radius 1 is 1.12 bits per heavy atom. The van der Waals surface area contributed by atoms with E-state index in [1.165, 1.54) is 5.57 Å². The summed E-state index contributed by atoms with van der Waals surface area (Å²) in [7, 11) is 0. The van der Waals surface area contributed by atoms with E-state index in [2.05, 4.69) is 39.8 Å². The summed E-state index contributed by atoms with van der Waals surface area (Å²) in [4.78, 5) is 0. The van der Waals surface area contributed by atoms with E-state index in [-0.39, 0.29) is 5.60 Å². The molecule has 16 heavy (non-hydrogen) atoms. The van der Waals surface area contributed by atoms with Gasteiger partial charge < -0.3 is 9.47 Å². The van der Waals surface area contributed by atoms with Crippen LogP contribution in [-0.4, -0.2) is 18.8 Å². The van der Waals surface area contributed by atoms with Crippen molar-refractivity contribution in [2.24, 2.45) is 0 Å². The average Bonchev–Trinajstić information content (AvgIpc) is 2.24. The van der Waals surface area contributed by atoms with E-state index in [1.54, 1.807) is 0 Å². The summed E-state index contributed by atoms with van der Waals surface area (Å²) in [5.41, 5.74) is 1.44. The van der Waals surface area contributed by atoms with Crippen LogP contribution in [0.15, 0.2) is 23.5 Å². The number of hydrogen-bond donors (Lipinski definition) is 0. The lowest BCUT2D eigenvalue weighted by Crippen LogP contribution is -2.21. The SMILES string of the molecule is CCC1=CC=C(OCCOC(C)(C)C)CC1. The monoisotopic (exact) mass is 224 g/mol. The van der Waals surface area contributed by atoms with Gasteiger partial charge in [0.1, 0.15) is 6.61 Å². The van der Waals surface area contributed by atoms with Crippen molar-refractivity contribution >= 4 is 0 Å². The fourth-order valence-electron chi connectivity index (χ4n) is 1.60. The molecule has 1 aliphatic rings. The van der Waals surface area contributed by atoms with Gasteiger partial charge in [-0.1, -0.05) is 18.6 Å². The number of hydrogen-bond acceptors (Lipinski definition) is 2. The molecule has 0 aromatic carbocycles. The Hall–Kier alpha value is -0.760. The second kappa shape index (κ2) is 6.09. The first-order valence-electron chi connectivity index (χ1n) is 6.16. The van der Waals surface area contributed by atoms with Gasteiger partial charge in [-0.15, -0.1) is 0 Å². The van der Waals surface area contributed by atoms with Crippen LogP contribution in [0.25, 0.3) is 0 Å². The summed E-state index contributed by atoms with van der Waals surface area (Å²) in [5, 5.41) is 0. The van der Waals surface area contributed by atoms with Crippen LogP contribution in [0.5, 0.6) is 0 Å². The van der Waals surface area contributed by atoms with Crippen molar-refractivity contribution < 1.29 is 9.47 Å². The molecule has 0 amide bonds. The molecule has 1 aliphatic carbocycles. The second-order valence-electron chi connectivity index (χ2n) is 5.12. The number of allylic oxidation sites excluding steroid dienone is 4. The molecule has 0 aromatic rings. The zero-order valence-corrected chi connectivity index (χ0v) is 11.0. The molecule has 0 aromatic heterocycles. The van der Waals surface area contributed by atoms with Gasteiger partial charge in [0.25, 0.3) is 0 Å². The van der Waals surface area contributed by atoms with Gasteiger partial charge in [-0.05, 0) is 39.7 Å². The predicted octanol–water partition coefficient (Wildman–Crippen LogP) is 3.83. The summed E-state index contributed by atoms with van der Waals surface area (Å²) in [6.45, 7) is 9.68. The van der Waals surface area contributed by atoms with Gasteiger partial charge >= 0.3 is 0 Å². The van der Waals surface area contributed by atoms with Gasteiger partial charge in [-0.25, -0.2) is 0 Å². The second-order valence-corrected chi connectivity index (χ2v) is 5.12. The Morgan fingerprint density at radius 3 is 2.38 bits per heavy atom. The molecule has 0 aliphatic heterocycles. The van der Waals surface area contributed by atoms with Gasteiger partial charge in [0.2, 0.25) is 0 Å². The van der Waals surface area contributed by atoms with Crippen LogP contribution in [-0.2, 0) is 9.47 Å². The molecule has 0 N–H and O–H groups in total. The van der Waals surface area contributed by atoms with Crippen LogP contribution < -0.4 is 0 Å². The molecule has 2 heteroatoms. The van der Waals surface area contributed by atoms with Crippen LogP contribution in [0.4, 0.5) is 0 Å². The highest BCUT2D eigenvalue weighted by atomic mass is 16.5. The lowest BCUT2D eigenvalue weighted by atomic mass is 10.0. The average molecular weight is 224 g/mol. The molecule has 0 unspecified atom stereocenters. The molecule has 0 saturated heterocycles. The van der Waals surface area contributed by atoms with E-state index in [0.29, 0.717) is 13.2 Å². The quantitative estimate of drug-likeness (QED) is 0.661. The molecule has 0 bridgehead atoms. The number of ether oxygens (including phenoxy) is 2. The largest absolute Gasteiger partial charge is 0.496 e. The van der Waals surface area contributed by atoms with E-state index in [0.717, 1.165) is 25.0 Å². The minimum absolute atomic E-state index is 0.0699. The van der Waals surface area contributed by atoms with E-state index in [1.807, 2.05) is 0 Å². The Bertz CT molecular complexity index is 269. The molecule has 0 radical (unpaired) electrons. The molecule has 0 fully saturated rings. The van der Waals surface area contributed by atoms with Crippen molar-refractivity contribution in [2.75, 3.05) is 13.2 Å². The summed E-state index contributed by atoms with van der Waals surface area (Å²) in [5.74, 6) is 1.09. The molecule has 0 atom stereocenters. The third-order valence-electron chi connectivity index (χ3n) is 2.56. The predicted molar refractivity (Wildman–Crippen MR) is 67.3 cm³/mol. The van der Waals surface area contributed by atoms with Gasteiger partial charge in [0, 0.05) is 6.42 Å². The van der Waals surface area contributed by atoms with Gasteiger partial charge in [0.05, 0.1) is 18.0 Å². The molecule has 0 spiro atoms. The fourth-order valence-corrected chi connectivity index (χ4v) is 1.60. The zero-order valence-electron chi connectivity index (χ0n) is 11.0. The minimum Gasteiger partial charge on any atom is -0.496 e. The smallest absolute Gasteiger partial charge is 0.111 e. The maximum atomic E-state index is 5.66. The van der Waals surface area contributed by atoms with Gasteiger partial charge in [-0.2, -0.15) is 0 Å². The van der Waals surface area contributed by atoms with Crippen LogP contribution in [0.3, 0.4) is 0 Å². The molecule has 0 heterocycles. The van der Waals surface area contributed by atoms with Gasteiger partial charge in [-0.3, -0.25) is 0 Å². The maximum absolute atomic E-state index is 5.66. The molecule has 1 rings (SSSR count). The first kappa shape index (κ1) is 13.3. The third-order valence-corrected chi connectivity index (χ3v) is 2.56. The summed E-state index contributed by atoms with van der Waals surface area (Å²) in [6, 6.07) is 0. The molecular formula is C14H24O2. The highest BCUT2D eigenvalue weighted by molar-refractivity contribution is 5.20. The summed E-state index contributed by atoms with van der Waals surface area (Å²) < 4.78 is 11.3. The Labute approximate surface area is 99.3 Å². The summed E-state index contributed by atoms with van der Waals surface area (Å²) >= 11 is 0. The van der Waals surface area contributed by atoms with Crippen molar-refractivity contribution in [1.29, 1.82) is 0 Å². The lowest BCUT2D eigenvalue weighted by molar-refractivity contribution is -0.0258. The topological polar surface area (TPSA) is 18.5 Å². The standard InChI is InChI=1S/C14H24O2/c1-5-12-6-8-13(9-7-12)15-10-11-16-14(2,3)4/h6,8H,5,7,9-11H2,1-4H3. The minimum atomic E-state index is -0.0699. The van der Waals surface area contributed by atoms with Crippen molar-refractivity contribution in [1.82, 2.24) is 0 Å². The summed E-state index contributed by atoms with van der Waals surface area (Å²) in [6.07, 6.45) is 7.61. The van der Waals surface area contributed by atoms with E-state index < -0.39 is 0 Å². The van der Waals surface area contributed by atoms with Crippen molar-refractivity contribution in [2.45, 2.75) is 52.6 Å². The zero-order chi connectivity index (χ0) is 12.0. The van der Waals surface area contributed by atoms with E-state index in [4.69, 9.17) is 9.47 Å². The van der Waals surface area contributed by atoms with Crippen molar-refractivity contribution in [3.8, 4) is 0 Å². The molecule has 92 valence electrons. The first-order valence-corrected chi connectivity index (χ1v) is 6.16. The Morgan fingerprint density at radius 2 is 1.88 bits per heavy atom. The number of rotatable bonds is 5.